The van der Waals surface area contributed by atoms with Crippen LogP contribution in [0.15, 0.2) is 34.5 Å². The third-order valence-corrected chi connectivity index (χ3v) is 7.00. The summed E-state index contributed by atoms with van der Waals surface area (Å²) in [6, 6.07) is 7.64. The number of morpholine rings is 1. The number of thiophene rings is 1. The predicted molar refractivity (Wildman–Crippen MR) is 98.0 cm³/mol. The van der Waals surface area contributed by atoms with Crippen LogP contribution in [0.25, 0.3) is 0 Å². The van der Waals surface area contributed by atoms with Crippen LogP contribution in [0.5, 0.6) is 0 Å². The molecular weight excluding hydrogens is 398 g/mol. The molecule has 1 aromatic heterocycles. The molecule has 0 saturated carbocycles. The Balaban J connectivity index is 1.90. The van der Waals surface area contributed by atoms with Crippen molar-refractivity contribution in [3.63, 3.8) is 0 Å². The highest BCUT2D eigenvalue weighted by atomic mass is 35.5. The molecule has 0 spiro atoms. The first-order chi connectivity index (χ1) is 12.4. The molecule has 1 amide bonds. The van der Waals surface area contributed by atoms with E-state index in [0.717, 1.165) is 0 Å². The molecule has 1 fully saturated rings. The smallest absolute Gasteiger partial charge is 0.256 e. The average molecular weight is 412 g/mol. The Morgan fingerprint density at radius 2 is 2.04 bits per heavy atom. The fraction of sp³-hybridized carbons (Fsp3) is 0.250. The number of carbonyl (C=O) groups excluding carboxylic acids is 1. The van der Waals surface area contributed by atoms with Crippen LogP contribution in [0.2, 0.25) is 5.02 Å². The molecule has 1 N–H and O–H groups in total. The standard InChI is InChI=1S/C16H14ClN3O4S2/c17-13-2-1-11(15(21)19-16-12(10-18)3-8-25-16)9-14(13)26(22,23)20-4-6-24-7-5-20/h1-3,8-9H,4-7H2,(H,19,21). The zero-order valence-electron chi connectivity index (χ0n) is 13.4. The highest BCUT2D eigenvalue weighted by molar-refractivity contribution is 7.89. The fourth-order valence-corrected chi connectivity index (χ4v) is 5.08. The molecule has 1 aromatic carbocycles. The monoisotopic (exact) mass is 411 g/mol. The molecular formula is C16H14ClN3O4S2. The molecule has 2 heterocycles. The van der Waals surface area contributed by atoms with Gasteiger partial charge in [-0.1, -0.05) is 11.6 Å². The Labute approximate surface area is 159 Å². The van der Waals surface area contributed by atoms with Crippen LogP contribution in [-0.4, -0.2) is 44.9 Å². The lowest BCUT2D eigenvalue weighted by molar-refractivity contribution is 0.0730. The van der Waals surface area contributed by atoms with E-state index in [1.54, 1.807) is 11.4 Å². The van der Waals surface area contributed by atoms with E-state index in [1.807, 2.05) is 6.07 Å². The van der Waals surface area contributed by atoms with Crippen molar-refractivity contribution in [1.82, 2.24) is 4.31 Å². The van der Waals surface area contributed by atoms with Crippen molar-refractivity contribution >= 4 is 43.9 Å². The number of nitrogens with zero attached hydrogens (tertiary/aromatic N) is 2. The van der Waals surface area contributed by atoms with Crippen molar-refractivity contribution < 1.29 is 17.9 Å². The highest BCUT2D eigenvalue weighted by Gasteiger charge is 2.29. The summed E-state index contributed by atoms with van der Waals surface area (Å²) in [6.07, 6.45) is 0. The first-order valence-corrected chi connectivity index (χ1v) is 10.3. The Morgan fingerprint density at radius 1 is 1.31 bits per heavy atom. The zero-order chi connectivity index (χ0) is 18.7. The fourth-order valence-electron chi connectivity index (χ4n) is 2.44. The van der Waals surface area contributed by atoms with Gasteiger partial charge in [-0.05, 0) is 29.6 Å². The molecule has 1 aliphatic rings. The Hall–Kier alpha value is -1.96. The van der Waals surface area contributed by atoms with E-state index in [-0.39, 0.29) is 28.6 Å². The molecule has 1 saturated heterocycles. The number of nitriles is 1. The van der Waals surface area contributed by atoms with E-state index >= 15 is 0 Å². The van der Waals surface area contributed by atoms with E-state index in [4.69, 9.17) is 21.6 Å². The van der Waals surface area contributed by atoms with E-state index in [0.29, 0.717) is 23.8 Å². The third-order valence-electron chi connectivity index (χ3n) is 3.79. The molecule has 0 radical (unpaired) electrons. The van der Waals surface area contributed by atoms with Crippen LogP contribution in [0.4, 0.5) is 5.00 Å². The van der Waals surface area contributed by atoms with E-state index < -0.39 is 15.9 Å². The molecule has 7 nitrogen and oxygen atoms in total. The lowest BCUT2D eigenvalue weighted by atomic mass is 10.2. The van der Waals surface area contributed by atoms with Crippen molar-refractivity contribution in [3.05, 3.63) is 45.8 Å². The van der Waals surface area contributed by atoms with E-state index in [1.165, 1.54) is 33.8 Å². The molecule has 0 unspecified atom stereocenters. The Morgan fingerprint density at radius 3 is 2.73 bits per heavy atom. The van der Waals surface area contributed by atoms with Crippen LogP contribution < -0.4 is 5.32 Å². The first kappa shape index (κ1) is 18.8. The Bertz CT molecular complexity index is 976. The lowest BCUT2D eigenvalue weighted by Gasteiger charge is -2.26. The maximum Gasteiger partial charge on any atom is 0.256 e. The van der Waals surface area contributed by atoms with Crippen LogP contribution >= 0.6 is 22.9 Å². The van der Waals surface area contributed by atoms with Gasteiger partial charge in [0.15, 0.2) is 0 Å². The molecule has 2 aromatic rings. The molecule has 0 atom stereocenters. The Kier molecular flexibility index (Phi) is 5.60. The number of hydrogen-bond acceptors (Lipinski definition) is 6. The predicted octanol–water partition coefficient (Wildman–Crippen LogP) is 2.55. The number of benzene rings is 1. The number of halogens is 1. The zero-order valence-corrected chi connectivity index (χ0v) is 15.8. The van der Waals surface area contributed by atoms with Crippen molar-refractivity contribution in [2.45, 2.75) is 4.90 Å². The molecule has 1 aliphatic heterocycles. The summed E-state index contributed by atoms with van der Waals surface area (Å²) in [4.78, 5) is 12.3. The van der Waals surface area contributed by atoms with Gasteiger partial charge < -0.3 is 10.1 Å². The van der Waals surface area contributed by atoms with Gasteiger partial charge >= 0.3 is 0 Å². The van der Waals surface area contributed by atoms with E-state index in [9.17, 15) is 13.2 Å². The summed E-state index contributed by atoms with van der Waals surface area (Å²) in [7, 11) is -3.83. The van der Waals surface area contributed by atoms with Gasteiger partial charge in [-0.15, -0.1) is 11.3 Å². The van der Waals surface area contributed by atoms with Gasteiger partial charge in [0.2, 0.25) is 10.0 Å². The minimum Gasteiger partial charge on any atom is -0.379 e. The number of rotatable bonds is 4. The van der Waals surface area contributed by atoms with E-state index in [2.05, 4.69) is 5.32 Å². The van der Waals surface area contributed by atoms with Crippen molar-refractivity contribution in [3.8, 4) is 6.07 Å². The van der Waals surface area contributed by atoms with Gasteiger partial charge in [0.1, 0.15) is 16.0 Å². The summed E-state index contributed by atoms with van der Waals surface area (Å²) in [5, 5.41) is 13.8. The van der Waals surface area contributed by atoms with Crippen LogP contribution in [0, 0.1) is 11.3 Å². The van der Waals surface area contributed by atoms with Crippen molar-refractivity contribution in [2.24, 2.45) is 0 Å². The SMILES string of the molecule is N#Cc1ccsc1NC(=O)c1ccc(Cl)c(S(=O)(=O)N2CCOCC2)c1. The summed E-state index contributed by atoms with van der Waals surface area (Å²) in [6.45, 7) is 1.09. The second-order valence-electron chi connectivity index (χ2n) is 5.39. The van der Waals surface area contributed by atoms with Crippen LogP contribution in [0.1, 0.15) is 15.9 Å². The maximum absolute atomic E-state index is 12.8. The topological polar surface area (TPSA) is 99.5 Å². The summed E-state index contributed by atoms with van der Waals surface area (Å²) in [5.41, 5.74) is 0.483. The van der Waals surface area contributed by atoms with Gasteiger partial charge in [-0.25, -0.2) is 8.42 Å². The van der Waals surface area contributed by atoms with Crippen LogP contribution in [0.3, 0.4) is 0 Å². The van der Waals surface area contributed by atoms with Crippen molar-refractivity contribution in [1.29, 1.82) is 5.26 Å². The molecule has 0 aliphatic carbocycles. The quantitative estimate of drug-likeness (QED) is 0.833. The molecule has 26 heavy (non-hydrogen) atoms. The van der Waals surface area contributed by atoms with Crippen LogP contribution in [-0.2, 0) is 14.8 Å². The summed E-state index contributed by atoms with van der Waals surface area (Å²) >= 11 is 7.30. The third kappa shape index (κ3) is 3.75. The number of anilines is 1. The normalized spacial score (nSPS) is 15.4. The number of hydrogen-bond donors (Lipinski definition) is 1. The minimum absolute atomic E-state index is 0.0434. The minimum atomic E-state index is -3.83. The molecule has 3 rings (SSSR count). The number of amides is 1. The van der Waals surface area contributed by atoms with Crippen molar-refractivity contribution in [2.75, 3.05) is 31.6 Å². The summed E-state index contributed by atoms with van der Waals surface area (Å²) in [5.74, 6) is -0.515. The molecule has 136 valence electrons. The summed E-state index contributed by atoms with van der Waals surface area (Å²) < 4.78 is 32.1. The van der Waals surface area contributed by atoms with Gasteiger partial charge in [-0.2, -0.15) is 9.57 Å². The number of sulfonamides is 1. The molecule has 10 heteroatoms. The molecule has 0 bridgehead atoms. The largest absolute Gasteiger partial charge is 0.379 e. The van der Waals surface area contributed by atoms with Gasteiger partial charge in [-0.3, -0.25) is 4.79 Å². The lowest BCUT2D eigenvalue weighted by Crippen LogP contribution is -2.40. The average Bonchev–Trinajstić information content (AvgIpc) is 3.09. The van der Waals surface area contributed by atoms with Gasteiger partial charge in [0.05, 0.1) is 23.8 Å². The van der Waals surface area contributed by atoms with Gasteiger partial charge in [0, 0.05) is 18.7 Å². The number of ether oxygens (including phenoxy) is 1. The van der Waals surface area contributed by atoms with Gasteiger partial charge in [0.25, 0.3) is 5.91 Å². The number of nitrogens with one attached hydrogen (secondary N) is 1. The highest BCUT2D eigenvalue weighted by Crippen LogP contribution is 2.28. The second kappa shape index (κ2) is 7.73. The second-order valence-corrected chi connectivity index (χ2v) is 8.62. The number of carbonyl (C=O) groups is 1. The maximum atomic E-state index is 12.8. The first-order valence-electron chi connectivity index (χ1n) is 7.60.